The summed E-state index contributed by atoms with van der Waals surface area (Å²) in [6, 6.07) is 6.33. The molecule has 3 nitrogen and oxygen atoms in total. The SMILES string of the molecule is CCc1ccc2c(CC(=O)NC(C)C)coc2c1. The lowest BCUT2D eigenvalue weighted by Crippen LogP contribution is -2.31. The number of carbonyl (C=O) groups excluding carboxylic acids is 1. The molecule has 2 aromatic rings. The van der Waals surface area contributed by atoms with E-state index in [-0.39, 0.29) is 11.9 Å². The van der Waals surface area contributed by atoms with Gasteiger partial charge in [0.05, 0.1) is 12.7 Å². The van der Waals surface area contributed by atoms with Crippen LogP contribution in [0.5, 0.6) is 0 Å². The maximum Gasteiger partial charge on any atom is 0.224 e. The summed E-state index contributed by atoms with van der Waals surface area (Å²) in [5, 5.41) is 3.92. The van der Waals surface area contributed by atoms with Crippen molar-refractivity contribution in [2.45, 2.75) is 39.7 Å². The summed E-state index contributed by atoms with van der Waals surface area (Å²) in [5.41, 5.74) is 3.06. The smallest absolute Gasteiger partial charge is 0.224 e. The fourth-order valence-corrected chi connectivity index (χ4v) is 2.03. The van der Waals surface area contributed by atoms with Crippen molar-refractivity contribution in [2.75, 3.05) is 0 Å². The topological polar surface area (TPSA) is 42.2 Å². The number of benzene rings is 1. The Balaban J connectivity index is 2.22. The minimum absolute atomic E-state index is 0.0345. The van der Waals surface area contributed by atoms with E-state index in [0.717, 1.165) is 23.0 Å². The lowest BCUT2D eigenvalue weighted by Gasteiger charge is -2.07. The van der Waals surface area contributed by atoms with Gasteiger partial charge in [-0.2, -0.15) is 0 Å². The Labute approximate surface area is 107 Å². The number of hydrogen-bond donors (Lipinski definition) is 1. The maximum atomic E-state index is 11.7. The van der Waals surface area contributed by atoms with Crippen molar-refractivity contribution in [1.29, 1.82) is 0 Å². The summed E-state index contributed by atoms with van der Waals surface area (Å²) in [6.45, 7) is 6.03. The molecule has 2 rings (SSSR count). The zero-order valence-electron chi connectivity index (χ0n) is 11.1. The van der Waals surface area contributed by atoms with Crippen molar-refractivity contribution in [3.8, 4) is 0 Å². The van der Waals surface area contributed by atoms with Crippen LogP contribution in [0.4, 0.5) is 0 Å². The van der Waals surface area contributed by atoms with Crippen molar-refractivity contribution in [3.63, 3.8) is 0 Å². The molecule has 1 aromatic carbocycles. The summed E-state index contributed by atoms with van der Waals surface area (Å²) in [6.07, 6.45) is 3.04. The lowest BCUT2D eigenvalue weighted by atomic mass is 10.1. The molecule has 96 valence electrons. The largest absolute Gasteiger partial charge is 0.464 e. The first-order chi connectivity index (χ1) is 8.60. The summed E-state index contributed by atoms with van der Waals surface area (Å²) in [7, 11) is 0. The Kier molecular flexibility index (Phi) is 3.70. The molecule has 0 saturated heterocycles. The molecule has 0 spiro atoms. The molecule has 0 unspecified atom stereocenters. The van der Waals surface area contributed by atoms with E-state index in [0.29, 0.717) is 6.42 Å². The van der Waals surface area contributed by atoms with Gasteiger partial charge in [0.1, 0.15) is 5.58 Å². The first-order valence-electron chi connectivity index (χ1n) is 6.38. The molecule has 18 heavy (non-hydrogen) atoms. The van der Waals surface area contributed by atoms with Gasteiger partial charge in [-0.05, 0) is 31.9 Å². The molecule has 0 radical (unpaired) electrons. The molecule has 0 aliphatic carbocycles. The molecule has 0 bridgehead atoms. The second kappa shape index (κ2) is 5.25. The van der Waals surface area contributed by atoms with Crippen molar-refractivity contribution >= 4 is 16.9 Å². The average molecular weight is 245 g/mol. The van der Waals surface area contributed by atoms with Gasteiger partial charge in [-0.25, -0.2) is 0 Å². The number of carbonyl (C=O) groups is 1. The standard InChI is InChI=1S/C15H19NO2/c1-4-11-5-6-13-12(9-18-14(13)7-11)8-15(17)16-10(2)3/h5-7,9-10H,4,8H2,1-3H3,(H,16,17). The predicted molar refractivity (Wildman–Crippen MR) is 72.6 cm³/mol. The second-order valence-electron chi connectivity index (χ2n) is 4.84. The number of amides is 1. The van der Waals surface area contributed by atoms with Crippen LogP contribution in [-0.4, -0.2) is 11.9 Å². The van der Waals surface area contributed by atoms with Crippen LogP contribution in [0.1, 0.15) is 31.9 Å². The number of furan rings is 1. The lowest BCUT2D eigenvalue weighted by molar-refractivity contribution is -0.120. The van der Waals surface area contributed by atoms with E-state index in [1.165, 1.54) is 5.56 Å². The molecule has 1 amide bonds. The van der Waals surface area contributed by atoms with E-state index < -0.39 is 0 Å². The Morgan fingerprint density at radius 3 is 2.83 bits per heavy atom. The summed E-state index contributed by atoms with van der Waals surface area (Å²) >= 11 is 0. The van der Waals surface area contributed by atoms with E-state index >= 15 is 0 Å². The number of aryl methyl sites for hydroxylation is 1. The van der Waals surface area contributed by atoms with Crippen molar-refractivity contribution in [3.05, 3.63) is 35.6 Å². The van der Waals surface area contributed by atoms with Crippen molar-refractivity contribution < 1.29 is 9.21 Å². The highest BCUT2D eigenvalue weighted by atomic mass is 16.3. The third-order valence-corrected chi connectivity index (χ3v) is 2.93. The van der Waals surface area contributed by atoms with Gasteiger partial charge in [0, 0.05) is 17.0 Å². The third-order valence-electron chi connectivity index (χ3n) is 2.93. The Hall–Kier alpha value is -1.77. The van der Waals surface area contributed by atoms with E-state index in [4.69, 9.17) is 4.42 Å². The van der Waals surface area contributed by atoms with Crippen LogP contribution in [0, 0.1) is 0 Å². The van der Waals surface area contributed by atoms with Crippen molar-refractivity contribution in [2.24, 2.45) is 0 Å². The van der Waals surface area contributed by atoms with Gasteiger partial charge in [0.2, 0.25) is 5.91 Å². The Bertz CT molecular complexity index is 555. The van der Waals surface area contributed by atoms with Crippen molar-refractivity contribution in [1.82, 2.24) is 5.32 Å². The maximum absolute atomic E-state index is 11.7. The van der Waals surface area contributed by atoms with Crippen LogP contribution < -0.4 is 5.32 Å². The van der Waals surface area contributed by atoms with Crippen LogP contribution in [0.2, 0.25) is 0 Å². The van der Waals surface area contributed by atoms with Crippen LogP contribution in [0.25, 0.3) is 11.0 Å². The molecular formula is C15H19NO2. The first kappa shape index (κ1) is 12.7. The van der Waals surface area contributed by atoms with E-state index in [1.807, 2.05) is 26.0 Å². The normalized spacial score (nSPS) is 11.1. The molecule has 1 heterocycles. The van der Waals surface area contributed by atoms with E-state index in [2.05, 4.69) is 18.3 Å². The van der Waals surface area contributed by atoms with Gasteiger partial charge < -0.3 is 9.73 Å². The fraction of sp³-hybridized carbons (Fsp3) is 0.400. The summed E-state index contributed by atoms with van der Waals surface area (Å²) < 4.78 is 5.52. The number of nitrogens with one attached hydrogen (secondary N) is 1. The fourth-order valence-electron chi connectivity index (χ4n) is 2.03. The van der Waals surface area contributed by atoms with Crippen LogP contribution in [-0.2, 0) is 17.6 Å². The van der Waals surface area contributed by atoms with Gasteiger partial charge in [0.15, 0.2) is 0 Å². The molecule has 3 heteroatoms. The van der Waals surface area contributed by atoms with E-state index in [9.17, 15) is 4.79 Å². The second-order valence-corrected chi connectivity index (χ2v) is 4.84. The zero-order chi connectivity index (χ0) is 13.1. The Morgan fingerprint density at radius 2 is 2.17 bits per heavy atom. The van der Waals surface area contributed by atoms with Gasteiger partial charge in [-0.15, -0.1) is 0 Å². The monoisotopic (exact) mass is 245 g/mol. The molecule has 0 saturated carbocycles. The number of hydrogen-bond acceptors (Lipinski definition) is 2. The number of rotatable bonds is 4. The van der Waals surface area contributed by atoms with E-state index in [1.54, 1.807) is 6.26 Å². The molecule has 0 atom stereocenters. The van der Waals surface area contributed by atoms with Gasteiger partial charge in [0.25, 0.3) is 0 Å². The van der Waals surface area contributed by atoms with Gasteiger partial charge in [-0.1, -0.05) is 19.1 Å². The van der Waals surface area contributed by atoms with Crippen LogP contribution in [0.3, 0.4) is 0 Å². The Morgan fingerprint density at radius 1 is 1.39 bits per heavy atom. The minimum atomic E-state index is 0.0345. The predicted octanol–water partition coefficient (Wildman–Crippen LogP) is 3.06. The van der Waals surface area contributed by atoms with Crippen LogP contribution >= 0.6 is 0 Å². The summed E-state index contributed by atoms with van der Waals surface area (Å²) in [4.78, 5) is 11.7. The highest BCUT2D eigenvalue weighted by Crippen LogP contribution is 2.23. The highest BCUT2D eigenvalue weighted by Gasteiger charge is 2.11. The van der Waals surface area contributed by atoms with Gasteiger partial charge >= 0.3 is 0 Å². The average Bonchev–Trinajstić information content (AvgIpc) is 2.70. The third kappa shape index (κ3) is 2.73. The minimum Gasteiger partial charge on any atom is -0.464 e. The molecule has 1 N–H and O–H groups in total. The molecule has 0 aliphatic rings. The summed E-state index contributed by atoms with van der Waals surface area (Å²) in [5.74, 6) is 0.0345. The molecule has 1 aromatic heterocycles. The zero-order valence-corrected chi connectivity index (χ0v) is 11.1. The molecular weight excluding hydrogens is 226 g/mol. The molecule has 0 aliphatic heterocycles. The molecule has 0 fully saturated rings. The highest BCUT2D eigenvalue weighted by molar-refractivity contribution is 5.88. The first-order valence-corrected chi connectivity index (χ1v) is 6.38. The number of fused-ring (bicyclic) bond motifs is 1. The van der Waals surface area contributed by atoms with Gasteiger partial charge in [-0.3, -0.25) is 4.79 Å². The quantitative estimate of drug-likeness (QED) is 0.899. The van der Waals surface area contributed by atoms with Crippen LogP contribution in [0.15, 0.2) is 28.9 Å².